The van der Waals surface area contributed by atoms with Gasteiger partial charge in [0.1, 0.15) is 0 Å². The molecule has 0 radical (unpaired) electrons. The summed E-state index contributed by atoms with van der Waals surface area (Å²) in [5.41, 5.74) is 0.910. The van der Waals surface area contributed by atoms with Gasteiger partial charge in [-0.25, -0.2) is 4.79 Å². The molecule has 1 heterocycles. The van der Waals surface area contributed by atoms with E-state index in [2.05, 4.69) is 10.6 Å². The van der Waals surface area contributed by atoms with Gasteiger partial charge in [-0.15, -0.1) is 11.3 Å². The third-order valence-corrected chi connectivity index (χ3v) is 5.85. The molecule has 0 spiro atoms. The van der Waals surface area contributed by atoms with Crippen LogP contribution in [0.25, 0.3) is 0 Å². The first-order valence-electron chi connectivity index (χ1n) is 9.99. The molecule has 7 heteroatoms. The van der Waals surface area contributed by atoms with Crippen LogP contribution in [0.4, 0.5) is 5.69 Å². The van der Waals surface area contributed by atoms with E-state index in [1.165, 1.54) is 24.2 Å². The van der Waals surface area contributed by atoms with E-state index in [1.54, 1.807) is 37.3 Å². The van der Waals surface area contributed by atoms with E-state index in [1.807, 2.05) is 11.4 Å². The number of carbonyl (C=O) groups excluding carboxylic acids is 3. The van der Waals surface area contributed by atoms with Crippen LogP contribution in [0.5, 0.6) is 0 Å². The van der Waals surface area contributed by atoms with Crippen molar-refractivity contribution in [1.82, 2.24) is 5.32 Å². The summed E-state index contributed by atoms with van der Waals surface area (Å²) in [6, 6.07) is 10.1. The lowest BCUT2D eigenvalue weighted by atomic mass is 10.1. The highest BCUT2D eigenvalue weighted by Gasteiger charge is 2.22. The van der Waals surface area contributed by atoms with Crippen molar-refractivity contribution in [3.05, 3.63) is 52.2 Å². The zero-order chi connectivity index (χ0) is 20.6. The highest BCUT2D eigenvalue weighted by atomic mass is 32.1. The summed E-state index contributed by atoms with van der Waals surface area (Å²) in [5, 5.41) is 7.61. The molecular weight excluding hydrogens is 388 g/mol. The van der Waals surface area contributed by atoms with Gasteiger partial charge in [-0.1, -0.05) is 31.7 Å². The van der Waals surface area contributed by atoms with Crippen LogP contribution in [-0.2, 0) is 9.53 Å². The summed E-state index contributed by atoms with van der Waals surface area (Å²) in [4.78, 5) is 37.4. The lowest BCUT2D eigenvalue weighted by molar-refractivity contribution is -0.129. The number of ether oxygens (including phenoxy) is 1. The van der Waals surface area contributed by atoms with Gasteiger partial charge in [-0.2, -0.15) is 0 Å². The number of hydrogen-bond acceptors (Lipinski definition) is 5. The van der Waals surface area contributed by atoms with Crippen molar-refractivity contribution in [3.8, 4) is 0 Å². The zero-order valence-corrected chi connectivity index (χ0v) is 17.3. The third kappa shape index (κ3) is 6.15. The fourth-order valence-electron chi connectivity index (χ4n) is 3.31. The first-order chi connectivity index (χ1) is 14.0. The predicted octanol–water partition coefficient (Wildman–Crippen LogP) is 4.38. The normalized spacial score (nSPS) is 15.8. The Balaban J connectivity index is 1.50. The van der Waals surface area contributed by atoms with Crippen LogP contribution in [0, 0.1) is 0 Å². The van der Waals surface area contributed by atoms with Crippen molar-refractivity contribution in [2.45, 2.75) is 57.6 Å². The van der Waals surface area contributed by atoms with Crippen LogP contribution in [0.1, 0.15) is 65.5 Å². The average molecular weight is 415 g/mol. The van der Waals surface area contributed by atoms with Crippen molar-refractivity contribution in [1.29, 1.82) is 0 Å². The van der Waals surface area contributed by atoms with Gasteiger partial charge in [0.15, 0.2) is 6.10 Å². The fraction of sp³-hybridized carbons (Fsp3) is 0.409. The summed E-state index contributed by atoms with van der Waals surface area (Å²) in [6.07, 6.45) is 5.75. The number of anilines is 1. The number of rotatable bonds is 6. The molecule has 0 saturated heterocycles. The third-order valence-electron chi connectivity index (χ3n) is 4.98. The van der Waals surface area contributed by atoms with Gasteiger partial charge in [-0.05, 0) is 55.5 Å². The van der Waals surface area contributed by atoms with E-state index >= 15 is 0 Å². The topological polar surface area (TPSA) is 84.5 Å². The summed E-state index contributed by atoms with van der Waals surface area (Å²) in [7, 11) is 0. The molecule has 2 aromatic rings. The molecule has 0 aliphatic heterocycles. The maximum Gasteiger partial charge on any atom is 0.338 e. The van der Waals surface area contributed by atoms with Crippen molar-refractivity contribution in [2.24, 2.45) is 0 Å². The summed E-state index contributed by atoms with van der Waals surface area (Å²) in [5.74, 6) is -1.02. The number of benzene rings is 1. The highest BCUT2D eigenvalue weighted by Crippen LogP contribution is 2.18. The molecule has 1 saturated carbocycles. The minimum Gasteiger partial charge on any atom is -0.449 e. The van der Waals surface area contributed by atoms with Crippen LogP contribution in [0.3, 0.4) is 0 Å². The molecule has 1 aromatic carbocycles. The second-order valence-electron chi connectivity index (χ2n) is 7.25. The number of amides is 2. The van der Waals surface area contributed by atoms with E-state index in [4.69, 9.17) is 4.74 Å². The Morgan fingerprint density at radius 1 is 1.03 bits per heavy atom. The number of hydrogen-bond donors (Lipinski definition) is 2. The Morgan fingerprint density at radius 2 is 1.72 bits per heavy atom. The zero-order valence-electron chi connectivity index (χ0n) is 16.5. The first-order valence-corrected chi connectivity index (χ1v) is 10.9. The molecule has 0 bridgehead atoms. The standard InChI is InChI=1S/C22H26N2O4S/c1-15(20(25)23-17-7-4-2-3-5-8-17)28-22(27)16-10-12-18(13-11-16)24-21(26)19-9-6-14-29-19/h6,9-15,17H,2-5,7-8H2,1H3,(H,23,25)(H,24,26)/t15-/m1/s1. The molecule has 2 amide bonds. The minimum atomic E-state index is -0.857. The van der Waals surface area contributed by atoms with Crippen LogP contribution < -0.4 is 10.6 Å². The van der Waals surface area contributed by atoms with Crippen molar-refractivity contribution in [3.63, 3.8) is 0 Å². The van der Waals surface area contributed by atoms with Gasteiger partial charge in [0.2, 0.25) is 0 Å². The monoisotopic (exact) mass is 414 g/mol. The van der Waals surface area contributed by atoms with Gasteiger partial charge in [0.05, 0.1) is 10.4 Å². The highest BCUT2D eigenvalue weighted by molar-refractivity contribution is 7.12. The van der Waals surface area contributed by atoms with E-state index in [0.717, 1.165) is 25.7 Å². The molecule has 6 nitrogen and oxygen atoms in total. The summed E-state index contributed by atoms with van der Waals surface area (Å²) in [6.45, 7) is 1.58. The SMILES string of the molecule is C[C@@H](OC(=O)c1ccc(NC(=O)c2cccs2)cc1)C(=O)NC1CCCCCC1. The number of thiophene rings is 1. The van der Waals surface area contributed by atoms with Gasteiger partial charge in [0, 0.05) is 11.7 Å². The molecule has 3 rings (SSSR count). The molecular formula is C22H26N2O4S. The Bertz CT molecular complexity index is 825. The number of esters is 1. The number of nitrogens with one attached hydrogen (secondary N) is 2. The number of carbonyl (C=O) groups is 3. The maximum absolute atomic E-state index is 12.3. The lowest BCUT2D eigenvalue weighted by Crippen LogP contribution is -2.41. The van der Waals surface area contributed by atoms with E-state index in [0.29, 0.717) is 16.1 Å². The van der Waals surface area contributed by atoms with Crippen LogP contribution in [0.15, 0.2) is 41.8 Å². The molecule has 1 aromatic heterocycles. The lowest BCUT2D eigenvalue weighted by Gasteiger charge is -2.19. The summed E-state index contributed by atoms with van der Waals surface area (Å²) >= 11 is 1.36. The summed E-state index contributed by atoms with van der Waals surface area (Å²) < 4.78 is 5.31. The van der Waals surface area contributed by atoms with E-state index < -0.39 is 12.1 Å². The molecule has 1 aliphatic rings. The minimum absolute atomic E-state index is 0.164. The quantitative estimate of drug-likeness (QED) is 0.542. The van der Waals surface area contributed by atoms with Crippen molar-refractivity contribution < 1.29 is 19.1 Å². The van der Waals surface area contributed by atoms with Crippen molar-refractivity contribution in [2.75, 3.05) is 5.32 Å². The second-order valence-corrected chi connectivity index (χ2v) is 8.20. The van der Waals surface area contributed by atoms with Gasteiger partial charge in [-0.3, -0.25) is 9.59 Å². The van der Waals surface area contributed by atoms with Crippen LogP contribution >= 0.6 is 11.3 Å². The molecule has 0 unspecified atom stereocenters. The molecule has 1 aliphatic carbocycles. The Hall–Kier alpha value is -2.67. The first kappa shape index (κ1) is 21.0. The van der Waals surface area contributed by atoms with Crippen LogP contribution in [0.2, 0.25) is 0 Å². The van der Waals surface area contributed by atoms with Crippen LogP contribution in [-0.4, -0.2) is 29.9 Å². The van der Waals surface area contributed by atoms with Gasteiger partial charge >= 0.3 is 5.97 Å². The Labute approximate surface area is 174 Å². The largest absolute Gasteiger partial charge is 0.449 e. The van der Waals surface area contributed by atoms with Gasteiger partial charge in [0.25, 0.3) is 11.8 Å². The molecule has 2 N–H and O–H groups in total. The predicted molar refractivity (Wildman–Crippen MR) is 113 cm³/mol. The Kier molecular flexibility index (Phi) is 7.41. The molecule has 29 heavy (non-hydrogen) atoms. The molecule has 1 atom stereocenters. The van der Waals surface area contributed by atoms with Crippen molar-refractivity contribution >= 4 is 34.8 Å². The van der Waals surface area contributed by atoms with E-state index in [9.17, 15) is 14.4 Å². The second kappa shape index (κ2) is 10.2. The molecule has 154 valence electrons. The van der Waals surface area contributed by atoms with E-state index in [-0.39, 0.29) is 17.9 Å². The Morgan fingerprint density at radius 3 is 2.34 bits per heavy atom. The van der Waals surface area contributed by atoms with Gasteiger partial charge < -0.3 is 15.4 Å². The maximum atomic E-state index is 12.3. The fourth-order valence-corrected chi connectivity index (χ4v) is 3.93. The molecule has 1 fully saturated rings. The smallest absolute Gasteiger partial charge is 0.338 e. The average Bonchev–Trinajstić information content (AvgIpc) is 3.14.